The minimum Gasteiger partial charge on any atom is -0.508 e. The normalized spacial score (nSPS) is 16.7. The molecule has 5 rings (SSSR count). The van der Waals surface area contributed by atoms with Gasteiger partial charge in [0, 0.05) is 27.1 Å². The molecule has 6 nitrogen and oxygen atoms in total. The van der Waals surface area contributed by atoms with Crippen LogP contribution in [0.2, 0.25) is 0 Å². The van der Waals surface area contributed by atoms with Gasteiger partial charge in [0.2, 0.25) is 0 Å². The highest BCUT2D eigenvalue weighted by molar-refractivity contribution is 9.10. The van der Waals surface area contributed by atoms with Crippen LogP contribution in [0.15, 0.2) is 107 Å². The smallest absolute Gasteiger partial charge is 0.300 e. The first-order valence-corrected chi connectivity index (χ1v) is 12.4. The molecule has 1 unspecified atom stereocenters. The number of halogens is 1. The molecule has 0 aromatic heterocycles. The Balaban J connectivity index is 1.59. The number of nitrogens with zero attached hydrogens (tertiary/aromatic N) is 1. The molecule has 37 heavy (non-hydrogen) atoms. The van der Waals surface area contributed by atoms with Crippen LogP contribution in [0.4, 0.5) is 17.1 Å². The van der Waals surface area contributed by atoms with Gasteiger partial charge in [0.05, 0.1) is 11.6 Å². The van der Waals surface area contributed by atoms with Gasteiger partial charge in [-0.1, -0.05) is 52.3 Å². The molecule has 1 heterocycles. The number of aryl methyl sites for hydroxylation is 1. The number of hydrogen-bond donors (Lipinski definition) is 3. The molecule has 0 radical (unpaired) electrons. The summed E-state index contributed by atoms with van der Waals surface area (Å²) in [6, 6.07) is 27.5. The Morgan fingerprint density at radius 2 is 1.51 bits per heavy atom. The number of rotatable bonds is 5. The molecule has 0 saturated carbocycles. The Morgan fingerprint density at radius 3 is 2.16 bits per heavy atom. The maximum absolute atomic E-state index is 13.4. The van der Waals surface area contributed by atoms with Crippen molar-refractivity contribution in [1.29, 1.82) is 0 Å². The van der Waals surface area contributed by atoms with Gasteiger partial charge in [-0.05, 0) is 78.7 Å². The SMILES string of the molecule is Cc1cc(/C(O)=C2/C(=O)C(=O)N(c3ccc(Nc4ccccc4)cc3)C2c2ccc(O)cc2)ccc1Br. The van der Waals surface area contributed by atoms with E-state index in [1.54, 1.807) is 42.5 Å². The zero-order chi connectivity index (χ0) is 26.1. The number of nitrogens with one attached hydrogen (secondary N) is 1. The Hall–Kier alpha value is -4.36. The molecule has 1 aliphatic rings. The van der Waals surface area contributed by atoms with Crippen LogP contribution < -0.4 is 10.2 Å². The fraction of sp³-hybridized carbons (Fsp3) is 0.0667. The summed E-state index contributed by atoms with van der Waals surface area (Å²) < 4.78 is 0.865. The molecule has 1 saturated heterocycles. The molecule has 4 aromatic rings. The van der Waals surface area contributed by atoms with Crippen LogP contribution in [-0.4, -0.2) is 21.9 Å². The molecule has 4 aromatic carbocycles. The first-order chi connectivity index (χ1) is 17.8. The van der Waals surface area contributed by atoms with Crippen molar-refractivity contribution >= 4 is 50.4 Å². The van der Waals surface area contributed by atoms with Gasteiger partial charge in [-0.25, -0.2) is 0 Å². The lowest BCUT2D eigenvalue weighted by molar-refractivity contribution is -0.132. The maximum Gasteiger partial charge on any atom is 0.300 e. The number of carbonyl (C=O) groups is 2. The first kappa shape index (κ1) is 24.3. The number of aliphatic hydroxyl groups is 1. The second-order valence-electron chi connectivity index (χ2n) is 8.76. The molecule has 0 spiro atoms. The molecule has 1 aliphatic heterocycles. The van der Waals surface area contributed by atoms with Crippen LogP contribution in [0, 0.1) is 6.92 Å². The molecule has 7 heteroatoms. The van der Waals surface area contributed by atoms with Gasteiger partial charge in [0.15, 0.2) is 0 Å². The van der Waals surface area contributed by atoms with E-state index in [9.17, 15) is 19.8 Å². The Bertz CT molecular complexity index is 1510. The fourth-order valence-corrected chi connectivity index (χ4v) is 4.66. The van der Waals surface area contributed by atoms with E-state index in [0.29, 0.717) is 16.8 Å². The summed E-state index contributed by atoms with van der Waals surface area (Å²) in [4.78, 5) is 28.1. The van der Waals surface area contributed by atoms with E-state index in [0.717, 1.165) is 21.4 Å². The van der Waals surface area contributed by atoms with Crippen LogP contribution in [0.5, 0.6) is 5.75 Å². The fourth-order valence-electron chi connectivity index (χ4n) is 4.41. The molecule has 1 amide bonds. The zero-order valence-electron chi connectivity index (χ0n) is 19.9. The number of hydrogen-bond acceptors (Lipinski definition) is 5. The lowest BCUT2D eigenvalue weighted by atomic mass is 9.94. The summed E-state index contributed by atoms with van der Waals surface area (Å²) in [7, 11) is 0. The number of ketones is 1. The van der Waals surface area contributed by atoms with Gasteiger partial charge in [-0.15, -0.1) is 0 Å². The van der Waals surface area contributed by atoms with E-state index in [-0.39, 0.29) is 17.1 Å². The standard InChI is InChI=1S/C30H23BrN2O4/c1-18-17-20(9-16-25(18)31)28(35)26-27(19-7-14-24(34)15-8-19)33(30(37)29(26)36)23-12-10-22(11-13-23)32-21-5-3-2-4-6-21/h2-17,27,32,34-35H,1H3/b28-26-. The highest BCUT2D eigenvalue weighted by Crippen LogP contribution is 2.43. The van der Waals surface area contributed by atoms with Crippen LogP contribution in [0.1, 0.15) is 22.7 Å². The summed E-state index contributed by atoms with van der Waals surface area (Å²) in [6.07, 6.45) is 0. The lowest BCUT2D eigenvalue weighted by Crippen LogP contribution is -2.29. The molecule has 1 fully saturated rings. The van der Waals surface area contributed by atoms with Gasteiger partial charge in [-0.2, -0.15) is 0 Å². The number of phenols is 1. The molecule has 1 atom stereocenters. The van der Waals surface area contributed by atoms with Crippen molar-refractivity contribution in [2.75, 3.05) is 10.2 Å². The second kappa shape index (κ2) is 9.95. The van der Waals surface area contributed by atoms with Gasteiger partial charge in [-0.3, -0.25) is 14.5 Å². The number of phenolic OH excluding ortho intramolecular Hbond substituents is 1. The van der Waals surface area contributed by atoms with E-state index < -0.39 is 17.7 Å². The number of para-hydroxylation sites is 1. The van der Waals surface area contributed by atoms with Crippen molar-refractivity contribution in [2.45, 2.75) is 13.0 Å². The number of amides is 1. The third kappa shape index (κ3) is 4.73. The minimum atomic E-state index is -0.877. The summed E-state index contributed by atoms with van der Waals surface area (Å²) in [5.41, 5.74) is 4.13. The van der Waals surface area contributed by atoms with Crippen molar-refractivity contribution in [3.8, 4) is 5.75 Å². The number of Topliss-reactive ketones (excluding diaryl/α,β-unsaturated/α-hetero) is 1. The molecule has 3 N–H and O–H groups in total. The van der Waals surface area contributed by atoms with E-state index in [4.69, 9.17) is 0 Å². The lowest BCUT2D eigenvalue weighted by Gasteiger charge is -2.25. The van der Waals surface area contributed by atoms with Crippen molar-refractivity contribution in [3.05, 3.63) is 124 Å². The first-order valence-electron chi connectivity index (χ1n) is 11.6. The Labute approximate surface area is 222 Å². The third-order valence-electron chi connectivity index (χ3n) is 6.29. The largest absolute Gasteiger partial charge is 0.508 e. The highest BCUT2D eigenvalue weighted by Gasteiger charge is 2.47. The maximum atomic E-state index is 13.4. The van der Waals surface area contributed by atoms with E-state index in [2.05, 4.69) is 21.2 Å². The van der Waals surface area contributed by atoms with Crippen molar-refractivity contribution in [2.24, 2.45) is 0 Å². The average Bonchev–Trinajstić information content (AvgIpc) is 3.17. The van der Waals surface area contributed by atoms with Gasteiger partial charge in [0.1, 0.15) is 11.5 Å². The second-order valence-corrected chi connectivity index (χ2v) is 9.62. The third-order valence-corrected chi connectivity index (χ3v) is 7.18. The zero-order valence-corrected chi connectivity index (χ0v) is 21.4. The quantitative estimate of drug-likeness (QED) is 0.143. The van der Waals surface area contributed by atoms with Crippen LogP contribution in [-0.2, 0) is 9.59 Å². The molecule has 0 bridgehead atoms. The number of aliphatic hydroxyl groups excluding tert-OH is 1. The number of benzene rings is 4. The molecule has 0 aliphatic carbocycles. The monoisotopic (exact) mass is 554 g/mol. The summed E-state index contributed by atoms with van der Waals surface area (Å²) >= 11 is 3.45. The predicted molar refractivity (Wildman–Crippen MR) is 148 cm³/mol. The van der Waals surface area contributed by atoms with Crippen molar-refractivity contribution < 1.29 is 19.8 Å². The van der Waals surface area contributed by atoms with E-state index >= 15 is 0 Å². The predicted octanol–water partition coefficient (Wildman–Crippen LogP) is 6.83. The molecular formula is C30H23BrN2O4. The van der Waals surface area contributed by atoms with E-state index in [1.165, 1.54) is 17.0 Å². The highest BCUT2D eigenvalue weighted by atomic mass is 79.9. The van der Waals surface area contributed by atoms with Crippen molar-refractivity contribution in [3.63, 3.8) is 0 Å². The Morgan fingerprint density at radius 1 is 0.865 bits per heavy atom. The summed E-state index contributed by atoms with van der Waals surface area (Å²) in [5.74, 6) is -1.71. The molecule has 184 valence electrons. The van der Waals surface area contributed by atoms with Crippen LogP contribution in [0.25, 0.3) is 5.76 Å². The van der Waals surface area contributed by atoms with Gasteiger partial charge < -0.3 is 15.5 Å². The van der Waals surface area contributed by atoms with Gasteiger partial charge >= 0.3 is 0 Å². The number of carbonyl (C=O) groups excluding carboxylic acids is 2. The van der Waals surface area contributed by atoms with Crippen LogP contribution in [0.3, 0.4) is 0 Å². The van der Waals surface area contributed by atoms with Crippen molar-refractivity contribution in [1.82, 2.24) is 0 Å². The Kier molecular flexibility index (Phi) is 6.54. The number of aromatic hydroxyl groups is 1. The van der Waals surface area contributed by atoms with Crippen LogP contribution >= 0.6 is 15.9 Å². The minimum absolute atomic E-state index is 0.0103. The summed E-state index contributed by atoms with van der Waals surface area (Å²) in [5, 5.41) is 24.4. The number of anilines is 3. The average molecular weight is 555 g/mol. The summed E-state index contributed by atoms with van der Waals surface area (Å²) in [6.45, 7) is 1.88. The van der Waals surface area contributed by atoms with E-state index in [1.807, 2.05) is 49.4 Å². The topological polar surface area (TPSA) is 89.9 Å². The van der Waals surface area contributed by atoms with Gasteiger partial charge in [0.25, 0.3) is 11.7 Å². The molecular weight excluding hydrogens is 532 g/mol.